The topological polar surface area (TPSA) is 124 Å². The summed E-state index contributed by atoms with van der Waals surface area (Å²) in [6.07, 6.45) is 11.0. The Hall–Kier alpha value is -2.84. The van der Waals surface area contributed by atoms with E-state index in [2.05, 4.69) is 33.6 Å². The van der Waals surface area contributed by atoms with Crippen molar-refractivity contribution < 1.29 is 19.8 Å². The molecular formula is C29H38N4O4. The molecule has 2 fully saturated rings. The number of aromatic nitrogens is 2. The summed E-state index contributed by atoms with van der Waals surface area (Å²) in [4.78, 5) is 32.3. The first-order valence-electron chi connectivity index (χ1n) is 13.6. The van der Waals surface area contributed by atoms with Gasteiger partial charge in [0, 0.05) is 12.4 Å². The number of rotatable bonds is 7. The van der Waals surface area contributed by atoms with Gasteiger partial charge in [-0.1, -0.05) is 13.0 Å². The number of aromatic hydroxyl groups is 1. The number of nitrogens with one attached hydrogen (secondary N) is 2. The number of aliphatic hydroxyl groups is 1. The van der Waals surface area contributed by atoms with E-state index in [0.29, 0.717) is 30.0 Å². The molecule has 37 heavy (non-hydrogen) atoms. The normalized spacial score (nSPS) is 31.1. The number of carbonyl (C=O) groups is 2. The summed E-state index contributed by atoms with van der Waals surface area (Å²) in [6, 6.07) is 5.36. The molecule has 3 aliphatic carbocycles. The molecule has 0 spiro atoms. The van der Waals surface area contributed by atoms with Crippen molar-refractivity contribution in [2.24, 2.45) is 23.2 Å². The highest BCUT2D eigenvalue weighted by molar-refractivity contribution is 6.04. The molecule has 0 aliphatic heterocycles. The molecule has 0 unspecified atom stereocenters. The van der Waals surface area contributed by atoms with Crippen molar-refractivity contribution in [2.75, 3.05) is 6.54 Å². The Morgan fingerprint density at radius 1 is 1.24 bits per heavy atom. The van der Waals surface area contributed by atoms with Gasteiger partial charge < -0.3 is 15.5 Å². The summed E-state index contributed by atoms with van der Waals surface area (Å²) in [6.45, 7) is 4.67. The molecule has 1 aromatic carbocycles. The van der Waals surface area contributed by atoms with Gasteiger partial charge in [-0.05, 0) is 111 Å². The number of hydrogen-bond donors (Lipinski definition) is 4. The number of amides is 2. The number of imide groups is 1. The summed E-state index contributed by atoms with van der Waals surface area (Å²) in [5.41, 5.74) is 2.77. The number of aryl methyl sites for hydroxylation is 1. The van der Waals surface area contributed by atoms with Crippen molar-refractivity contribution in [1.29, 1.82) is 0 Å². The first kappa shape index (κ1) is 25.8. The van der Waals surface area contributed by atoms with Crippen molar-refractivity contribution in [3.8, 4) is 5.75 Å². The van der Waals surface area contributed by atoms with Gasteiger partial charge in [0.05, 0.1) is 18.3 Å². The fraction of sp³-hybridized carbons (Fsp3) is 0.586. The Morgan fingerprint density at radius 3 is 2.86 bits per heavy atom. The van der Waals surface area contributed by atoms with Gasteiger partial charge in [0.2, 0.25) is 5.91 Å². The van der Waals surface area contributed by atoms with Crippen LogP contribution in [-0.4, -0.2) is 50.7 Å². The summed E-state index contributed by atoms with van der Waals surface area (Å²) in [7, 11) is 0. The van der Waals surface area contributed by atoms with Gasteiger partial charge in [0.25, 0.3) is 5.91 Å². The minimum atomic E-state index is -0.558. The highest BCUT2D eigenvalue weighted by Crippen LogP contribution is 2.62. The van der Waals surface area contributed by atoms with Crippen molar-refractivity contribution >= 4 is 11.8 Å². The molecule has 1 heterocycles. The van der Waals surface area contributed by atoms with Gasteiger partial charge in [0.15, 0.2) is 0 Å². The minimum absolute atomic E-state index is 0.0401. The SMILES string of the molecule is C[C@H](NCCC[C@H]1C[C@H]2[C@@H]3CCc4cc(O)ccc4[C@H]3CC[C@]2(C)[C@H]1O)C(=O)NC(=O)c1cnccn1. The maximum Gasteiger partial charge on any atom is 0.278 e. The number of nitrogens with zero attached hydrogens (tertiary/aromatic N) is 2. The quantitative estimate of drug-likeness (QED) is 0.425. The third-order valence-electron chi connectivity index (χ3n) is 9.45. The molecule has 2 amide bonds. The van der Waals surface area contributed by atoms with E-state index in [1.165, 1.54) is 29.7 Å². The first-order chi connectivity index (χ1) is 17.8. The molecule has 198 valence electrons. The second-order valence-electron chi connectivity index (χ2n) is 11.5. The van der Waals surface area contributed by atoms with Crippen LogP contribution in [0.5, 0.6) is 5.75 Å². The van der Waals surface area contributed by atoms with E-state index in [1.54, 1.807) is 6.92 Å². The van der Waals surface area contributed by atoms with Crippen LogP contribution in [0.3, 0.4) is 0 Å². The van der Waals surface area contributed by atoms with E-state index in [4.69, 9.17) is 0 Å². The molecule has 0 saturated heterocycles. The summed E-state index contributed by atoms with van der Waals surface area (Å²) in [5.74, 6) is 1.29. The predicted octanol–water partition coefficient (Wildman–Crippen LogP) is 3.34. The zero-order valence-corrected chi connectivity index (χ0v) is 21.7. The molecule has 0 bridgehead atoms. The smallest absolute Gasteiger partial charge is 0.278 e. The van der Waals surface area contributed by atoms with E-state index in [9.17, 15) is 19.8 Å². The molecule has 2 saturated carbocycles. The Bertz CT molecular complexity index is 1140. The van der Waals surface area contributed by atoms with Crippen LogP contribution < -0.4 is 10.6 Å². The second kappa shape index (κ2) is 10.5. The number of phenols is 1. The summed E-state index contributed by atoms with van der Waals surface area (Å²) in [5, 5.41) is 26.9. The molecule has 0 radical (unpaired) electrons. The molecule has 7 atom stereocenters. The van der Waals surface area contributed by atoms with Gasteiger partial charge in [-0.3, -0.25) is 19.9 Å². The van der Waals surface area contributed by atoms with Crippen molar-refractivity contribution in [1.82, 2.24) is 20.6 Å². The van der Waals surface area contributed by atoms with Gasteiger partial charge in [0.1, 0.15) is 11.4 Å². The van der Waals surface area contributed by atoms with Gasteiger partial charge in [-0.15, -0.1) is 0 Å². The fourth-order valence-electron chi connectivity index (χ4n) is 7.47. The lowest BCUT2D eigenvalue weighted by molar-refractivity contribution is -0.121. The number of fused-ring (bicyclic) bond motifs is 5. The summed E-state index contributed by atoms with van der Waals surface area (Å²) >= 11 is 0. The van der Waals surface area contributed by atoms with E-state index in [-0.39, 0.29) is 23.1 Å². The zero-order chi connectivity index (χ0) is 26.2. The van der Waals surface area contributed by atoms with E-state index in [0.717, 1.165) is 44.9 Å². The number of phenolic OH excluding ortho intramolecular Hbond substituents is 1. The number of carbonyl (C=O) groups excluding carboxylic acids is 2. The van der Waals surface area contributed by atoms with Crippen LogP contribution in [-0.2, 0) is 11.2 Å². The summed E-state index contributed by atoms with van der Waals surface area (Å²) < 4.78 is 0. The number of benzene rings is 1. The first-order valence-corrected chi connectivity index (χ1v) is 13.6. The average molecular weight is 507 g/mol. The van der Waals surface area contributed by atoms with Crippen LogP contribution in [0.1, 0.15) is 79.9 Å². The molecule has 8 heteroatoms. The maximum absolute atomic E-state index is 12.4. The van der Waals surface area contributed by atoms with Crippen LogP contribution in [0.25, 0.3) is 0 Å². The second-order valence-corrected chi connectivity index (χ2v) is 11.5. The standard InChI is InChI=1S/C29H38N4O4/c1-17(27(36)33-28(37)25-16-30-12-13-32-25)31-11-3-4-19-15-24-23-7-5-18-14-20(34)6-8-21(18)22(23)9-10-29(24,2)26(19)35/h6,8,12-14,16-17,19,22-24,26,31,34-35H,3-5,7,9-11,15H2,1-2H3,(H,33,36,37)/t17-,19-,22+,23+,24-,26-,29-/m0/s1. The molecule has 5 rings (SSSR count). The van der Waals surface area contributed by atoms with Crippen molar-refractivity contribution in [2.45, 2.75) is 76.9 Å². The Labute approximate surface area is 218 Å². The number of hydrogen-bond acceptors (Lipinski definition) is 7. The molecule has 2 aromatic rings. The van der Waals surface area contributed by atoms with Crippen LogP contribution in [0.15, 0.2) is 36.8 Å². The lowest BCUT2D eigenvalue weighted by Crippen LogP contribution is -2.45. The third kappa shape index (κ3) is 5.01. The zero-order valence-electron chi connectivity index (χ0n) is 21.7. The Kier molecular flexibility index (Phi) is 7.32. The predicted molar refractivity (Wildman–Crippen MR) is 139 cm³/mol. The molecule has 8 nitrogen and oxygen atoms in total. The third-order valence-corrected chi connectivity index (χ3v) is 9.45. The minimum Gasteiger partial charge on any atom is -0.508 e. The van der Waals surface area contributed by atoms with Crippen LogP contribution in [0, 0.1) is 23.2 Å². The van der Waals surface area contributed by atoms with E-state index < -0.39 is 17.9 Å². The van der Waals surface area contributed by atoms with Gasteiger partial charge in [-0.25, -0.2) is 4.98 Å². The van der Waals surface area contributed by atoms with Crippen molar-refractivity contribution in [3.05, 3.63) is 53.6 Å². The van der Waals surface area contributed by atoms with Crippen LogP contribution >= 0.6 is 0 Å². The highest BCUT2D eigenvalue weighted by Gasteiger charge is 2.57. The lowest BCUT2D eigenvalue weighted by atomic mass is 9.55. The molecule has 4 N–H and O–H groups in total. The van der Waals surface area contributed by atoms with E-state index >= 15 is 0 Å². The highest BCUT2D eigenvalue weighted by atomic mass is 16.3. The number of aliphatic hydroxyl groups excluding tert-OH is 1. The van der Waals surface area contributed by atoms with Crippen LogP contribution in [0.4, 0.5) is 0 Å². The van der Waals surface area contributed by atoms with Gasteiger partial charge in [-0.2, -0.15) is 0 Å². The maximum atomic E-state index is 12.4. The van der Waals surface area contributed by atoms with Crippen molar-refractivity contribution in [3.63, 3.8) is 0 Å². The molecular weight excluding hydrogens is 468 g/mol. The van der Waals surface area contributed by atoms with Crippen LogP contribution in [0.2, 0.25) is 0 Å². The average Bonchev–Trinajstić information content (AvgIpc) is 3.16. The fourth-order valence-corrected chi connectivity index (χ4v) is 7.47. The Morgan fingerprint density at radius 2 is 2.08 bits per heavy atom. The largest absolute Gasteiger partial charge is 0.508 e. The monoisotopic (exact) mass is 506 g/mol. The van der Waals surface area contributed by atoms with Gasteiger partial charge >= 0.3 is 0 Å². The Balaban J connectivity index is 1.12. The lowest BCUT2D eigenvalue weighted by Gasteiger charge is -2.50. The van der Waals surface area contributed by atoms with E-state index in [1.807, 2.05) is 12.1 Å². The molecule has 3 aliphatic rings. The molecule has 1 aromatic heterocycles.